The number of hydrogen-bond acceptors (Lipinski definition) is 11. The highest BCUT2D eigenvalue weighted by atomic mass is 31.2. The molecule has 0 spiro atoms. The molecule has 4 atom stereocenters. The SMILES string of the molecule is COC(=O)[C@H](CCP(=O)(C[C@H](CCC(=O)OC(C)(C)C)C(=O)N1C(=O)OC[C@@H]1C(c1ccccc1)c1ccccc1)OC)NC(=O)OCc1ccccc1. The lowest BCUT2D eigenvalue weighted by Gasteiger charge is -2.32. The molecule has 3 amide bonds. The zero-order valence-corrected chi connectivity index (χ0v) is 32.2. The van der Waals surface area contributed by atoms with Crippen molar-refractivity contribution >= 4 is 37.4 Å². The number of hydrogen-bond donors (Lipinski definition) is 1. The Morgan fingerprint density at radius 1 is 0.889 bits per heavy atom. The molecule has 3 aromatic rings. The molecule has 0 radical (unpaired) electrons. The fourth-order valence-corrected chi connectivity index (χ4v) is 8.46. The van der Waals surface area contributed by atoms with E-state index in [1.54, 1.807) is 45.0 Å². The Kier molecular flexibility index (Phi) is 15.0. The molecule has 0 bridgehead atoms. The van der Waals surface area contributed by atoms with E-state index in [4.69, 9.17) is 23.5 Å². The zero-order valence-electron chi connectivity index (χ0n) is 31.3. The Hall–Kier alpha value is -5.00. The Labute approximate surface area is 316 Å². The fraction of sp³-hybridized carbons (Fsp3) is 0.425. The molecular formula is C40H49N2O11P. The van der Waals surface area contributed by atoms with E-state index in [1.165, 1.54) is 7.11 Å². The molecule has 0 aromatic heterocycles. The molecule has 3 aromatic carbocycles. The standard InChI is InChI=1S/C40H49N2O11P/c1-40(2,3)53-34(43)22-21-31(27-54(48,50-5)24-23-32(37(45)49-4)41-38(46)51-25-28-15-9-6-10-16-28)36(44)42-33(26-52-39(42)47)35(29-17-11-7-12-18-29)30-19-13-8-14-20-30/h6-20,31-33,35H,21-27H2,1-5H3,(H,41,46)/t31-,32-,33+,54?/m0/s1. The number of carbonyl (C=O) groups is 5. The number of benzene rings is 3. The van der Waals surface area contributed by atoms with E-state index in [9.17, 15) is 28.5 Å². The van der Waals surface area contributed by atoms with Crippen molar-refractivity contribution < 1.29 is 52.0 Å². The molecule has 1 aliphatic rings. The summed E-state index contributed by atoms with van der Waals surface area (Å²) in [5.41, 5.74) is 1.64. The van der Waals surface area contributed by atoms with Gasteiger partial charge >= 0.3 is 24.1 Å². The predicted molar refractivity (Wildman–Crippen MR) is 200 cm³/mol. The quantitative estimate of drug-likeness (QED) is 0.0885. The van der Waals surface area contributed by atoms with E-state index >= 15 is 0 Å². The third-order valence-corrected chi connectivity index (χ3v) is 11.5. The second kappa shape index (κ2) is 19.4. The van der Waals surface area contributed by atoms with Crippen LogP contribution in [0, 0.1) is 5.92 Å². The maximum Gasteiger partial charge on any atom is 0.417 e. The fourth-order valence-electron chi connectivity index (χ4n) is 6.28. The van der Waals surface area contributed by atoms with E-state index < -0.39 is 66.9 Å². The maximum atomic E-state index is 14.6. The van der Waals surface area contributed by atoms with Crippen LogP contribution in [0.25, 0.3) is 0 Å². The molecule has 1 fully saturated rings. The van der Waals surface area contributed by atoms with Crippen molar-refractivity contribution in [3.05, 3.63) is 108 Å². The third-order valence-electron chi connectivity index (χ3n) is 8.89. The molecule has 0 aliphatic carbocycles. The van der Waals surface area contributed by atoms with E-state index in [-0.39, 0.29) is 44.8 Å². The van der Waals surface area contributed by atoms with Crippen LogP contribution in [0.1, 0.15) is 62.6 Å². The summed E-state index contributed by atoms with van der Waals surface area (Å²) in [6.45, 7) is 5.01. The number of imide groups is 1. The van der Waals surface area contributed by atoms with Crippen molar-refractivity contribution in [2.45, 2.75) is 70.2 Å². The lowest BCUT2D eigenvalue weighted by Crippen LogP contribution is -2.46. The number of cyclic esters (lactones) is 1. The second-order valence-electron chi connectivity index (χ2n) is 13.9. The van der Waals surface area contributed by atoms with Crippen molar-refractivity contribution in [1.82, 2.24) is 10.2 Å². The molecule has 1 heterocycles. The van der Waals surface area contributed by atoms with Crippen molar-refractivity contribution in [2.24, 2.45) is 5.92 Å². The number of ether oxygens (including phenoxy) is 4. The highest BCUT2D eigenvalue weighted by molar-refractivity contribution is 7.59. The Balaban J connectivity index is 1.58. The summed E-state index contributed by atoms with van der Waals surface area (Å²) in [5, 5.41) is 2.46. The van der Waals surface area contributed by atoms with Gasteiger partial charge in [-0.25, -0.2) is 19.3 Å². The van der Waals surface area contributed by atoms with Gasteiger partial charge in [0.05, 0.1) is 13.2 Å². The molecule has 1 N–H and O–H groups in total. The normalized spacial score (nSPS) is 16.4. The van der Waals surface area contributed by atoms with Gasteiger partial charge in [0.1, 0.15) is 24.9 Å². The lowest BCUT2D eigenvalue weighted by atomic mass is 9.84. The number of amides is 3. The number of carbonyl (C=O) groups excluding carboxylic acids is 5. The van der Waals surface area contributed by atoms with Crippen LogP contribution in [0.2, 0.25) is 0 Å². The molecule has 13 nitrogen and oxygen atoms in total. The van der Waals surface area contributed by atoms with Crippen LogP contribution in [0.5, 0.6) is 0 Å². The number of nitrogens with one attached hydrogen (secondary N) is 1. The molecule has 4 rings (SSSR count). The minimum absolute atomic E-state index is 0.0477. The van der Waals surface area contributed by atoms with Crippen molar-refractivity contribution in [1.29, 1.82) is 0 Å². The van der Waals surface area contributed by atoms with E-state index in [0.29, 0.717) is 0 Å². The van der Waals surface area contributed by atoms with Gasteiger partial charge in [0.2, 0.25) is 13.3 Å². The molecule has 14 heteroatoms. The molecular weight excluding hydrogens is 715 g/mol. The first-order valence-corrected chi connectivity index (χ1v) is 19.7. The van der Waals surface area contributed by atoms with Crippen LogP contribution in [0.15, 0.2) is 91.0 Å². The zero-order chi connectivity index (χ0) is 39.3. The summed E-state index contributed by atoms with van der Waals surface area (Å²) in [5.74, 6) is -3.70. The highest BCUT2D eigenvalue weighted by Gasteiger charge is 2.47. The van der Waals surface area contributed by atoms with Crippen LogP contribution in [-0.2, 0) is 49.0 Å². The monoisotopic (exact) mass is 764 g/mol. The number of nitrogens with zero attached hydrogens (tertiary/aromatic N) is 1. The number of rotatable bonds is 17. The first-order valence-electron chi connectivity index (χ1n) is 17.7. The van der Waals surface area contributed by atoms with Gasteiger partial charge < -0.3 is 28.8 Å². The Bertz CT molecular complexity index is 1730. The summed E-state index contributed by atoms with van der Waals surface area (Å²) in [7, 11) is -1.42. The summed E-state index contributed by atoms with van der Waals surface area (Å²) in [4.78, 5) is 67.3. The Morgan fingerprint density at radius 2 is 1.46 bits per heavy atom. The third kappa shape index (κ3) is 12.0. The van der Waals surface area contributed by atoms with Crippen LogP contribution >= 0.6 is 7.37 Å². The lowest BCUT2D eigenvalue weighted by molar-refractivity contribution is -0.155. The van der Waals surface area contributed by atoms with Crippen LogP contribution < -0.4 is 5.32 Å². The van der Waals surface area contributed by atoms with Crippen LogP contribution in [0.4, 0.5) is 9.59 Å². The minimum Gasteiger partial charge on any atom is -0.467 e. The molecule has 1 saturated heterocycles. The smallest absolute Gasteiger partial charge is 0.417 e. The number of alkyl carbamates (subject to hydrolysis) is 1. The van der Waals surface area contributed by atoms with Crippen molar-refractivity contribution in [3.8, 4) is 0 Å². The van der Waals surface area contributed by atoms with E-state index in [2.05, 4.69) is 5.32 Å². The van der Waals surface area contributed by atoms with Crippen molar-refractivity contribution in [2.75, 3.05) is 33.2 Å². The van der Waals surface area contributed by atoms with Gasteiger partial charge in [0.15, 0.2) is 0 Å². The van der Waals surface area contributed by atoms with Gasteiger partial charge in [-0.05, 0) is 50.3 Å². The molecule has 0 saturated carbocycles. The van der Waals surface area contributed by atoms with Gasteiger partial charge in [0, 0.05) is 37.7 Å². The molecule has 1 unspecified atom stereocenters. The Morgan fingerprint density at radius 3 is 2.00 bits per heavy atom. The molecule has 54 heavy (non-hydrogen) atoms. The predicted octanol–water partition coefficient (Wildman–Crippen LogP) is 6.69. The summed E-state index contributed by atoms with van der Waals surface area (Å²) < 4.78 is 41.1. The van der Waals surface area contributed by atoms with Crippen LogP contribution in [-0.4, -0.2) is 85.8 Å². The molecule has 1 aliphatic heterocycles. The summed E-state index contributed by atoms with van der Waals surface area (Å²) in [6.07, 6.45) is -2.92. The first kappa shape index (κ1) is 41.8. The van der Waals surface area contributed by atoms with Gasteiger partial charge in [-0.1, -0.05) is 91.0 Å². The van der Waals surface area contributed by atoms with Gasteiger partial charge in [-0.15, -0.1) is 0 Å². The number of esters is 2. The highest BCUT2D eigenvalue weighted by Crippen LogP contribution is 2.50. The summed E-state index contributed by atoms with van der Waals surface area (Å²) >= 11 is 0. The van der Waals surface area contributed by atoms with Gasteiger partial charge in [-0.3, -0.25) is 14.2 Å². The summed E-state index contributed by atoms with van der Waals surface area (Å²) in [6, 6.07) is 25.8. The topological polar surface area (TPSA) is 164 Å². The van der Waals surface area contributed by atoms with Gasteiger partial charge in [-0.2, -0.15) is 0 Å². The minimum atomic E-state index is -3.79. The maximum absolute atomic E-state index is 14.6. The average molecular weight is 765 g/mol. The van der Waals surface area contributed by atoms with Gasteiger partial charge in [0.25, 0.3) is 0 Å². The van der Waals surface area contributed by atoms with Crippen molar-refractivity contribution in [3.63, 3.8) is 0 Å². The largest absolute Gasteiger partial charge is 0.467 e. The molecule has 290 valence electrons. The second-order valence-corrected chi connectivity index (χ2v) is 16.8. The average Bonchev–Trinajstić information content (AvgIpc) is 3.54. The van der Waals surface area contributed by atoms with E-state index in [1.807, 2.05) is 66.7 Å². The first-order chi connectivity index (χ1) is 25.7. The van der Waals surface area contributed by atoms with E-state index in [0.717, 1.165) is 28.7 Å². The number of methoxy groups -OCH3 is 1. The van der Waals surface area contributed by atoms with Crippen LogP contribution in [0.3, 0.4) is 0 Å².